The Labute approximate surface area is 142 Å². The molecule has 2 amide bonds. The number of hydrogen-bond acceptors (Lipinski definition) is 2. The summed E-state index contributed by atoms with van der Waals surface area (Å²) in [5, 5.41) is 5.19. The normalized spacial score (nSPS) is 10.2. The van der Waals surface area contributed by atoms with Gasteiger partial charge in [0.05, 0.1) is 12.1 Å². The molecule has 0 heterocycles. The first-order valence-corrected chi connectivity index (χ1v) is 7.90. The number of rotatable bonds is 6. The van der Waals surface area contributed by atoms with E-state index in [4.69, 9.17) is 0 Å². The fourth-order valence-electron chi connectivity index (χ4n) is 2.00. The Balaban J connectivity index is 1.74. The van der Waals surface area contributed by atoms with E-state index >= 15 is 0 Å². The predicted octanol–water partition coefficient (Wildman–Crippen LogP) is 2.68. The van der Waals surface area contributed by atoms with E-state index in [1.54, 1.807) is 42.5 Å². The molecule has 0 saturated heterocycles. The lowest BCUT2D eigenvalue weighted by molar-refractivity contribution is -0.120. The van der Waals surface area contributed by atoms with E-state index in [-0.39, 0.29) is 24.2 Å². The first-order chi connectivity index (χ1) is 11.1. The number of benzene rings is 2. The number of carbonyl (C=O) groups excluding carboxylic acids is 2. The van der Waals surface area contributed by atoms with Crippen molar-refractivity contribution < 1.29 is 14.0 Å². The van der Waals surface area contributed by atoms with Crippen molar-refractivity contribution in [2.24, 2.45) is 0 Å². The average molecular weight is 379 g/mol. The van der Waals surface area contributed by atoms with Gasteiger partial charge < -0.3 is 10.6 Å². The minimum absolute atomic E-state index is 0.128. The summed E-state index contributed by atoms with van der Waals surface area (Å²) in [6, 6.07) is 13.4. The molecule has 6 heteroatoms. The highest BCUT2D eigenvalue weighted by molar-refractivity contribution is 9.10. The Morgan fingerprint density at radius 1 is 1.00 bits per heavy atom. The molecule has 0 bridgehead atoms. The summed E-state index contributed by atoms with van der Waals surface area (Å²) < 4.78 is 14.1. The van der Waals surface area contributed by atoms with Crippen LogP contribution in [-0.4, -0.2) is 24.9 Å². The smallest absolute Gasteiger partial charge is 0.252 e. The van der Waals surface area contributed by atoms with Gasteiger partial charge in [0, 0.05) is 11.0 Å². The van der Waals surface area contributed by atoms with Crippen molar-refractivity contribution in [1.29, 1.82) is 0 Å². The third-order valence-corrected chi connectivity index (χ3v) is 3.89. The number of halogens is 2. The van der Waals surface area contributed by atoms with Crippen molar-refractivity contribution in [3.8, 4) is 0 Å². The summed E-state index contributed by atoms with van der Waals surface area (Å²) >= 11 is 3.28. The molecule has 0 aromatic heterocycles. The molecule has 120 valence electrons. The number of hydrogen-bond donors (Lipinski definition) is 2. The van der Waals surface area contributed by atoms with Crippen LogP contribution in [0, 0.1) is 5.82 Å². The zero-order valence-electron chi connectivity index (χ0n) is 12.3. The summed E-state index contributed by atoms with van der Waals surface area (Å²) in [5.74, 6) is -0.938. The topological polar surface area (TPSA) is 58.2 Å². The van der Waals surface area contributed by atoms with Crippen LogP contribution in [0.3, 0.4) is 0 Å². The Hall–Kier alpha value is -2.21. The van der Waals surface area contributed by atoms with Crippen LogP contribution in [0.15, 0.2) is 53.0 Å². The highest BCUT2D eigenvalue weighted by atomic mass is 79.9. The van der Waals surface area contributed by atoms with Gasteiger partial charge in [0.25, 0.3) is 5.91 Å². The monoisotopic (exact) mass is 378 g/mol. The van der Waals surface area contributed by atoms with E-state index in [9.17, 15) is 14.0 Å². The Kier molecular flexibility index (Phi) is 6.29. The molecule has 2 aromatic rings. The number of carbonyl (C=O) groups is 2. The summed E-state index contributed by atoms with van der Waals surface area (Å²) in [7, 11) is 0. The fourth-order valence-corrected chi connectivity index (χ4v) is 2.47. The van der Waals surface area contributed by atoms with Crippen LogP contribution in [0.1, 0.15) is 15.9 Å². The Morgan fingerprint density at radius 3 is 2.43 bits per heavy atom. The zero-order chi connectivity index (χ0) is 16.7. The van der Waals surface area contributed by atoms with E-state index in [0.29, 0.717) is 28.6 Å². The molecule has 0 saturated carbocycles. The molecule has 0 aliphatic rings. The third kappa shape index (κ3) is 5.17. The number of amides is 2. The van der Waals surface area contributed by atoms with E-state index < -0.39 is 0 Å². The summed E-state index contributed by atoms with van der Waals surface area (Å²) in [4.78, 5) is 23.6. The van der Waals surface area contributed by atoms with Gasteiger partial charge in [0.15, 0.2) is 0 Å². The van der Waals surface area contributed by atoms with Gasteiger partial charge in [-0.05, 0) is 46.1 Å². The van der Waals surface area contributed by atoms with Crippen molar-refractivity contribution in [3.63, 3.8) is 0 Å². The molecule has 0 unspecified atom stereocenters. The molecular weight excluding hydrogens is 363 g/mol. The van der Waals surface area contributed by atoms with Crippen LogP contribution >= 0.6 is 15.9 Å². The molecule has 2 N–H and O–H groups in total. The standard InChI is InChI=1S/C17H16BrFN2O2/c18-14-7-3-2-6-13(14)17(23)21-11-16(22)20-10-9-12-5-1-4-8-15(12)19/h1-8H,9-11H2,(H,20,22)(H,21,23). The summed E-state index contributed by atoms with van der Waals surface area (Å²) in [6.45, 7) is 0.183. The van der Waals surface area contributed by atoms with Gasteiger partial charge in [0.1, 0.15) is 5.82 Å². The van der Waals surface area contributed by atoms with Crippen molar-refractivity contribution in [1.82, 2.24) is 10.6 Å². The Bertz CT molecular complexity index is 706. The van der Waals surface area contributed by atoms with Crippen LogP contribution in [-0.2, 0) is 11.2 Å². The van der Waals surface area contributed by atoms with Crippen LogP contribution < -0.4 is 10.6 Å². The highest BCUT2D eigenvalue weighted by Gasteiger charge is 2.10. The maximum atomic E-state index is 13.4. The largest absolute Gasteiger partial charge is 0.354 e. The molecule has 0 aliphatic carbocycles. The molecule has 2 rings (SSSR count). The van der Waals surface area contributed by atoms with E-state index in [1.165, 1.54) is 6.07 Å². The van der Waals surface area contributed by atoms with Gasteiger partial charge in [0.2, 0.25) is 5.91 Å². The second-order valence-electron chi connectivity index (χ2n) is 4.85. The first-order valence-electron chi connectivity index (χ1n) is 7.11. The van der Waals surface area contributed by atoms with Gasteiger partial charge in [-0.25, -0.2) is 4.39 Å². The lowest BCUT2D eigenvalue weighted by Gasteiger charge is -2.08. The highest BCUT2D eigenvalue weighted by Crippen LogP contribution is 2.15. The second kappa shape index (κ2) is 8.43. The van der Waals surface area contributed by atoms with Crippen LogP contribution in [0.25, 0.3) is 0 Å². The fraction of sp³-hybridized carbons (Fsp3) is 0.176. The van der Waals surface area contributed by atoms with Gasteiger partial charge in [-0.15, -0.1) is 0 Å². The predicted molar refractivity (Wildman–Crippen MR) is 89.6 cm³/mol. The minimum atomic E-state index is -0.332. The summed E-state index contributed by atoms with van der Waals surface area (Å²) in [6.07, 6.45) is 0.399. The molecule has 0 atom stereocenters. The third-order valence-electron chi connectivity index (χ3n) is 3.20. The number of nitrogens with one attached hydrogen (secondary N) is 2. The van der Waals surface area contributed by atoms with Gasteiger partial charge in [-0.1, -0.05) is 30.3 Å². The zero-order valence-corrected chi connectivity index (χ0v) is 13.9. The van der Waals surface area contributed by atoms with Crippen molar-refractivity contribution in [2.45, 2.75) is 6.42 Å². The molecule has 2 aromatic carbocycles. The minimum Gasteiger partial charge on any atom is -0.354 e. The molecule has 0 fully saturated rings. The first kappa shape index (κ1) is 17.1. The molecule has 4 nitrogen and oxygen atoms in total. The van der Waals surface area contributed by atoms with Gasteiger partial charge in [-0.3, -0.25) is 9.59 Å². The van der Waals surface area contributed by atoms with Gasteiger partial charge >= 0.3 is 0 Å². The second-order valence-corrected chi connectivity index (χ2v) is 5.71. The Morgan fingerprint density at radius 2 is 1.70 bits per heavy atom. The average Bonchev–Trinajstić information content (AvgIpc) is 2.55. The quantitative estimate of drug-likeness (QED) is 0.811. The van der Waals surface area contributed by atoms with Crippen LogP contribution in [0.5, 0.6) is 0 Å². The van der Waals surface area contributed by atoms with Crippen LogP contribution in [0.2, 0.25) is 0 Å². The molecule has 0 spiro atoms. The molecule has 0 radical (unpaired) electrons. The van der Waals surface area contributed by atoms with E-state index in [2.05, 4.69) is 26.6 Å². The SMILES string of the molecule is O=C(CNC(=O)c1ccccc1Br)NCCc1ccccc1F. The van der Waals surface area contributed by atoms with Crippen molar-refractivity contribution in [2.75, 3.05) is 13.1 Å². The molecular formula is C17H16BrFN2O2. The van der Waals surface area contributed by atoms with Crippen molar-refractivity contribution in [3.05, 3.63) is 69.9 Å². The summed E-state index contributed by atoms with van der Waals surface area (Å²) in [5.41, 5.74) is 1.01. The maximum absolute atomic E-state index is 13.4. The molecule has 0 aliphatic heterocycles. The maximum Gasteiger partial charge on any atom is 0.252 e. The molecule has 23 heavy (non-hydrogen) atoms. The van der Waals surface area contributed by atoms with Gasteiger partial charge in [-0.2, -0.15) is 0 Å². The lowest BCUT2D eigenvalue weighted by atomic mass is 10.1. The van der Waals surface area contributed by atoms with Crippen molar-refractivity contribution >= 4 is 27.7 Å². The van der Waals surface area contributed by atoms with E-state index in [1.807, 2.05) is 0 Å². The van der Waals surface area contributed by atoms with Crippen LogP contribution in [0.4, 0.5) is 4.39 Å². The lowest BCUT2D eigenvalue weighted by Crippen LogP contribution is -2.37. The van der Waals surface area contributed by atoms with E-state index in [0.717, 1.165) is 0 Å².